The molecule has 1 N–H and O–H groups in total. The lowest BCUT2D eigenvalue weighted by Gasteiger charge is -2.18. The first-order valence-electron chi connectivity index (χ1n) is 6.64. The third-order valence-corrected chi connectivity index (χ3v) is 3.40. The van der Waals surface area contributed by atoms with Crippen molar-refractivity contribution in [2.45, 2.75) is 18.9 Å². The van der Waals surface area contributed by atoms with Crippen LogP contribution in [0.2, 0.25) is 0 Å². The fourth-order valence-electron chi connectivity index (χ4n) is 2.23. The Labute approximate surface area is 118 Å². The lowest BCUT2D eigenvalue weighted by atomic mass is 9.99. The van der Waals surface area contributed by atoms with Crippen molar-refractivity contribution >= 4 is 0 Å². The van der Waals surface area contributed by atoms with Crippen LogP contribution in [0.1, 0.15) is 23.6 Å². The Morgan fingerprint density at radius 2 is 2.00 bits per heavy atom. The fraction of sp³-hybridized carbons (Fsp3) is 0.312. The molecule has 0 radical (unpaired) electrons. The van der Waals surface area contributed by atoms with Crippen LogP contribution in [0.5, 0.6) is 5.75 Å². The number of nitrogens with one attached hydrogen (secondary N) is 1. The second kappa shape index (κ2) is 7.01. The number of hydrogen-bond donors (Lipinski definition) is 1. The van der Waals surface area contributed by atoms with Gasteiger partial charge in [0, 0.05) is 30.1 Å². The van der Waals surface area contributed by atoms with Gasteiger partial charge >= 0.3 is 0 Å². The van der Waals surface area contributed by atoms with Crippen LogP contribution in [-0.4, -0.2) is 19.1 Å². The molecule has 0 amide bonds. The summed E-state index contributed by atoms with van der Waals surface area (Å²) in [4.78, 5) is 3.99. The first kappa shape index (κ1) is 14.5. The van der Waals surface area contributed by atoms with E-state index in [2.05, 4.69) is 10.3 Å². The third-order valence-electron chi connectivity index (χ3n) is 3.40. The van der Waals surface area contributed by atoms with E-state index in [-0.39, 0.29) is 11.9 Å². The number of aromatic nitrogens is 1. The maximum absolute atomic E-state index is 14.1. The standard InChI is InChI=1S/C16H19FN2O/c1-18-16(6-3-12-7-9-19-10-8-12)14-5-4-13(20-2)11-15(14)17/h4-5,7-11,16,18H,3,6H2,1-2H3. The van der Waals surface area contributed by atoms with Crippen LogP contribution in [0.4, 0.5) is 4.39 Å². The molecular formula is C16H19FN2O. The summed E-state index contributed by atoms with van der Waals surface area (Å²) in [6.07, 6.45) is 5.25. The molecular weight excluding hydrogens is 255 g/mol. The number of benzene rings is 1. The number of aryl methyl sites for hydroxylation is 1. The number of methoxy groups -OCH3 is 1. The van der Waals surface area contributed by atoms with Gasteiger partial charge in [-0.2, -0.15) is 0 Å². The van der Waals surface area contributed by atoms with Gasteiger partial charge in [-0.3, -0.25) is 4.98 Å². The van der Waals surface area contributed by atoms with E-state index >= 15 is 0 Å². The van der Waals surface area contributed by atoms with E-state index in [1.165, 1.54) is 18.7 Å². The first-order chi connectivity index (χ1) is 9.74. The second-order valence-electron chi connectivity index (χ2n) is 4.62. The topological polar surface area (TPSA) is 34.2 Å². The highest BCUT2D eigenvalue weighted by molar-refractivity contribution is 5.31. The van der Waals surface area contributed by atoms with Gasteiger partial charge in [0.05, 0.1) is 7.11 Å². The molecule has 0 aliphatic heterocycles. The Balaban J connectivity index is 2.08. The van der Waals surface area contributed by atoms with Crippen LogP contribution in [0.3, 0.4) is 0 Å². The maximum atomic E-state index is 14.1. The van der Waals surface area contributed by atoms with Gasteiger partial charge in [0.25, 0.3) is 0 Å². The first-order valence-corrected chi connectivity index (χ1v) is 6.64. The Morgan fingerprint density at radius 3 is 2.60 bits per heavy atom. The Morgan fingerprint density at radius 1 is 1.25 bits per heavy atom. The Kier molecular flexibility index (Phi) is 5.07. The van der Waals surface area contributed by atoms with Gasteiger partial charge in [0.15, 0.2) is 0 Å². The minimum absolute atomic E-state index is 0.0194. The van der Waals surface area contributed by atoms with E-state index in [0.717, 1.165) is 12.8 Å². The molecule has 2 rings (SSSR count). The third kappa shape index (κ3) is 3.54. The smallest absolute Gasteiger partial charge is 0.131 e. The van der Waals surface area contributed by atoms with Gasteiger partial charge in [-0.25, -0.2) is 4.39 Å². The van der Waals surface area contributed by atoms with E-state index in [4.69, 9.17) is 4.74 Å². The molecule has 0 saturated heterocycles. The SMILES string of the molecule is CNC(CCc1ccncc1)c1ccc(OC)cc1F. The number of ether oxygens (including phenoxy) is 1. The summed E-state index contributed by atoms with van der Waals surface area (Å²) in [5, 5.41) is 3.17. The van der Waals surface area contributed by atoms with Crippen LogP contribution < -0.4 is 10.1 Å². The largest absolute Gasteiger partial charge is 0.497 e. The van der Waals surface area contributed by atoms with E-state index in [0.29, 0.717) is 11.3 Å². The zero-order valence-corrected chi connectivity index (χ0v) is 11.8. The molecule has 20 heavy (non-hydrogen) atoms. The van der Waals surface area contributed by atoms with E-state index in [1.54, 1.807) is 24.5 Å². The van der Waals surface area contributed by atoms with Gasteiger partial charge in [-0.1, -0.05) is 6.07 Å². The highest BCUT2D eigenvalue weighted by atomic mass is 19.1. The molecule has 0 aliphatic carbocycles. The average molecular weight is 274 g/mol. The minimum atomic E-state index is -0.238. The molecule has 106 valence electrons. The molecule has 0 fully saturated rings. The molecule has 1 aromatic carbocycles. The van der Waals surface area contributed by atoms with E-state index in [1.807, 2.05) is 19.2 Å². The Bertz CT molecular complexity index is 545. The zero-order chi connectivity index (χ0) is 14.4. The van der Waals surface area contributed by atoms with Crippen molar-refractivity contribution < 1.29 is 9.13 Å². The zero-order valence-electron chi connectivity index (χ0n) is 11.8. The lowest BCUT2D eigenvalue weighted by Crippen LogP contribution is -2.18. The molecule has 0 aliphatic rings. The number of rotatable bonds is 6. The van der Waals surface area contributed by atoms with Gasteiger partial charge in [0.1, 0.15) is 11.6 Å². The molecule has 1 atom stereocenters. The highest BCUT2D eigenvalue weighted by Gasteiger charge is 2.14. The van der Waals surface area contributed by atoms with Crippen LogP contribution >= 0.6 is 0 Å². The van der Waals surface area contributed by atoms with Crippen molar-refractivity contribution in [1.82, 2.24) is 10.3 Å². The molecule has 4 heteroatoms. The number of halogens is 1. The van der Waals surface area contributed by atoms with Crippen LogP contribution in [0.15, 0.2) is 42.7 Å². The summed E-state index contributed by atoms with van der Waals surface area (Å²) in [6, 6.07) is 8.94. The molecule has 1 unspecified atom stereocenters. The van der Waals surface area contributed by atoms with E-state index < -0.39 is 0 Å². The van der Waals surface area contributed by atoms with Gasteiger partial charge in [-0.05, 0) is 43.7 Å². The predicted octanol–water partition coefficient (Wildman–Crippen LogP) is 3.12. The van der Waals surface area contributed by atoms with Crippen molar-refractivity contribution in [1.29, 1.82) is 0 Å². The average Bonchev–Trinajstić information content (AvgIpc) is 2.50. The van der Waals surface area contributed by atoms with Gasteiger partial charge in [0.2, 0.25) is 0 Å². The lowest BCUT2D eigenvalue weighted by molar-refractivity contribution is 0.409. The minimum Gasteiger partial charge on any atom is -0.497 e. The van der Waals surface area contributed by atoms with Crippen molar-refractivity contribution in [2.24, 2.45) is 0 Å². The number of nitrogens with zero attached hydrogens (tertiary/aromatic N) is 1. The summed E-state index contributed by atoms with van der Waals surface area (Å²) in [7, 11) is 3.38. The maximum Gasteiger partial charge on any atom is 0.131 e. The predicted molar refractivity (Wildman–Crippen MR) is 77.3 cm³/mol. The normalized spacial score (nSPS) is 12.2. The van der Waals surface area contributed by atoms with Crippen LogP contribution in [0.25, 0.3) is 0 Å². The monoisotopic (exact) mass is 274 g/mol. The quantitative estimate of drug-likeness (QED) is 0.878. The van der Waals surface area contributed by atoms with Gasteiger partial charge in [-0.15, -0.1) is 0 Å². The van der Waals surface area contributed by atoms with Gasteiger partial charge < -0.3 is 10.1 Å². The van der Waals surface area contributed by atoms with Crippen molar-refractivity contribution in [2.75, 3.05) is 14.2 Å². The summed E-state index contributed by atoms with van der Waals surface area (Å²) < 4.78 is 19.1. The number of hydrogen-bond acceptors (Lipinski definition) is 3. The molecule has 1 heterocycles. The van der Waals surface area contributed by atoms with Crippen LogP contribution in [-0.2, 0) is 6.42 Å². The highest BCUT2D eigenvalue weighted by Crippen LogP contribution is 2.25. The van der Waals surface area contributed by atoms with Crippen LogP contribution in [0, 0.1) is 5.82 Å². The molecule has 1 aromatic heterocycles. The summed E-state index contributed by atoms with van der Waals surface area (Å²) >= 11 is 0. The molecule has 3 nitrogen and oxygen atoms in total. The summed E-state index contributed by atoms with van der Waals surface area (Å²) in [5.41, 5.74) is 1.87. The van der Waals surface area contributed by atoms with Crippen molar-refractivity contribution in [3.8, 4) is 5.75 Å². The molecule has 0 bridgehead atoms. The second-order valence-corrected chi connectivity index (χ2v) is 4.62. The van der Waals surface area contributed by atoms with Crippen molar-refractivity contribution in [3.05, 3.63) is 59.7 Å². The summed E-state index contributed by atoms with van der Waals surface area (Å²) in [5.74, 6) is 0.300. The molecule has 2 aromatic rings. The number of pyridine rings is 1. The molecule has 0 saturated carbocycles. The summed E-state index contributed by atoms with van der Waals surface area (Å²) in [6.45, 7) is 0. The van der Waals surface area contributed by atoms with E-state index in [9.17, 15) is 4.39 Å². The molecule has 0 spiro atoms. The Hall–Kier alpha value is -1.94. The fourth-order valence-corrected chi connectivity index (χ4v) is 2.23. The van der Waals surface area contributed by atoms with Crippen molar-refractivity contribution in [3.63, 3.8) is 0 Å².